The van der Waals surface area contributed by atoms with E-state index in [1.807, 2.05) is 32.9 Å². The average molecular weight is 369 g/mol. The van der Waals surface area contributed by atoms with Crippen LogP contribution in [-0.4, -0.2) is 49.3 Å². The topological polar surface area (TPSA) is 64.8 Å². The fraction of sp³-hybridized carbons (Fsp3) is 0.632. The molecule has 25 heavy (non-hydrogen) atoms. The van der Waals surface area contributed by atoms with E-state index in [4.69, 9.17) is 26.8 Å². The Morgan fingerprint density at radius 1 is 1.44 bits per heavy atom. The van der Waals surface area contributed by atoms with Crippen molar-refractivity contribution in [3.05, 3.63) is 29.3 Å². The second-order valence-electron chi connectivity index (χ2n) is 7.23. The number of nitrogens with zero attached hydrogens (tertiary/aromatic N) is 1. The quantitative estimate of drug-likeness (QED) is 0.716. The standard InChI is InChI=1S/C19H29ClN2O3/c1-5-24-16-13-19(21,18(16,2)3)17(23)22(4)10-7-11-25-15-9-6-8-14(20)12-15/h6,8-9,12,16H,5,7,10-11,13,21H2,1-4H3. The SMILES string of the molecule is CCOC1CC(N)(C(=O)N(C)CCCOc2cccc(Cl)c2)C1(C)C. The Labute approximate surface area is 155 Å². The molecule has 0 aliphatic heterocycles. The molecule has 6 heteroatoms. The molecule has 1 fully saturated rings. The third-order valence-electron chi connectivity index (χ3n) is 5.26. The number of ether oxygens (including phenoxy) is 2. The molecule has 5 nitrogen and oxygen atoms in total. The lowest BCUT2D eigenvalue weighted by Crippen LogP contribution is -2.75. The van der Waals surface area contributed by atoms with Crippen LogP contribution < -0.4 is 10.5 Å². The lowest BCUT2D eigenvalue weighted by atomic mass is 9.54. The molecule has 2 rings (SSSR count). The van der Waals surface area contributed by atoms with Gasteiger partial charge >= 0.3 is 0 Å². The Morgan fingerprint density at radius 3 is 2.76 bits per heavy atom. The molecule has 140 valence electrons. The Kier molecular flexibility index (Phi) is 6.35. The number of halogens is 1. The number of benzene rings is 1. The summed E-state index contributed by atoms with van der Waals surface area (Å²) in [5, 5.41) is 0.644. The molecular formula is C19H29ClN2O3. The number of hydrogen-bond acceptors (Lipinski definition) is 4. The van der Waals surface area contributed by atoms with E-state index in [1.54, 1.807) is 24.1 Å². The van der Waals surface area contributed by atoms with Gasteiger partial charge in [0.1, 0.15) is 11.3 Å². The molecule has 0 radical (unpaired) electrons. The predicted molar refractivity (Wildman–Crippen MR) is 99.9 cm³/mol. The molecule has 2 N–H and O–H groups in total. The molecule has 0 heterocycles. The molecule has 0 bridgehead atoms. The van der Waals surface area contributed by atoms with Gasteiger partial charge in [0.15, 0.2) is 0 Å². The van der Waals surface area contributed by atoms with E-state index < -0.39 is 5.54 Å². The third-order valence-corrected chi connectivity index (χ3v) is 5.50. The van der Waals surface area contributed by atoms with Crippen LogP contribution in [0.4, 0.5) is 0 Å². The Morgan fingerprint density at radius 2 is 2.16 bits per heavy atom. The zero-order chi connectivity index (χ0) is 18.7. The first-order valence-electron chi connectivity index (χ1n) is 8.76. The Hall–Kier alpha value is -1.30. The minimum Gasteiger partial charge on any atom is -0.493 e. The predicted octanol–water partition coefficient (Wildman–Crippen LogP) is 3.10. The number of amides is 1. The van der Waals surface area contributed by atoms with Crippen molar-refractivity contribution in [2.24, 2.45) is 11.1 Å². The van der Waals surface area contributed by atoms with Crippen molar-refractivity contribution < 1.29 is 14.3 Å². The summed E-state index contributed by atoms with van der Waals surface area (Å²) in [6.07, 6.45) is 1.32. The van der Waals surface area contributed by atoms with Crippen molar-refractivity contribution in [2.75, 3.05) is 26.8 Å². The summed E-state index contributed by atoms with van der Waals surface area (Å²) in [7, 11) is 1.79. The molecule has 1 aliphatic carbocycles. The van der Waals surface area contributed by atoms with Gasteiger partial charge in [-0.05, 0) is 31.5 Å². The second kappa shape index (κ2) is 7.94. The minimum absolute atomic E-state index is 0.0313. The van der Waals surface area contributed by atoms with Crippen molar-refractivity contribution in [3.63, 3.8) is 0 Å². The van der Waals surface area contributed by atoms with E-state index >= 15 is 0 Å². The van der Waals surface area contributed by atoms with Gasteiger partial charge < -0.3 is 20.1 Å². The van der Waals surface area contributed by atoms with Crippen molar-refractivity contribution >= 4 is 17.5 Å². The van der Waals surface area contributed by atoms with Gasteiger partial charge in [0, 0.05) is 37.1 Å². The van der Waals surface area contributed by atoms with Crippen LogP contribution in [-0.2, 0) is 9.53 Å². The molecule has 1 amide bonds. The average Bonchev–Trinajstić information content (AvgIpc) is 2.57. The number of rotatable bonds is 8. The van der Waals surface area contributed by atoms with Crippen LogP contribution in [0.3, 0.4) is 0 Å². The summed E-state index contributed by atoms with van der Waals surface area (Å²) in [4.78, 5) is 14.5. The number of hydrogen-bond donors (Lipinski definition) is 1. The van der Waals surface area contributed by atoms with Crippen molar-refractivity contribution in [1.82, 2.24) is 4.90 Å². The normalized spacial score (nSPS) is 24.5. The molecule has 0 spiro atoms. The molecule has 2 unspecified atom stereocenters. The van der Waals surface area contributed by atoms with Gasteiger partial charge in [-0.25, -0.2) is 0 Å². The number of nitrogens with two attached hydrogens (primary N) is 1. The highest BCUT2D eigenvalue weighted by Crippen LogP contribution is 2.50. The Balaban J connectivity index is 1.80. The molecule has 1 aliphatic rings. The van der Waals surface area contributed by atoms with E-state index in [2.05, 4.69) is 0 Å². The molecular weight excluding hydrogens is 340 g/mol. The summed E-state index contributed by atoms with van der Waals surface area (Å²) in [5.41, 5.74) is 5.21. The van der Waals surface area contributed by atoms with E-state index in [0.717, 1.165) is 12.2 Å². The zero-order valence-corrected chi connectivity index (χ0v) is 16.3. The molecule has 0 aromatic heterocycles. The fourth-order valence-electron chi connectivity index (χ4n) is 3.29. The van der Waals surface area contributed by atoms with Gasteiger partial charge in [-0.15, -0.1) is 0 Å². The first kappa shape index (κ1) is 20.0. The van der Waals surface area contributed by atoms with Gasteiger partial charge in [-0.3, -0.25) is 4.79 Å². The van der Waals surface area contributed by atoms with Crippen LogP contribution >= 0.6 is 11.6 Å². The summed E-state index contributed by atoms with van der Waals surface area (Å²) in [6.45, 7) is 7.71. The maximum absolute atomic E-state index is 12.8. The van der Waals surface area contributed by atoms with Crippen LogP contribution in [0.1, 0.15) is 33.6 Å². The maximum atomic E-state index is 12.8. The van der Waals surface area contributed by atoms with Crippen molar-refractivity contribution in [1.29, 1.82) is 0 Å². The Bertz CT molecular complexity index is 608. The highest BCUT2D eigenvalue weighted by atomic mass is 35.5. The minimum atomic E-state index is -0.866. The highest BCUT2D eigenvalue weighted by Gasteiger charge is 2.63. The highest BCUT2D eigenvalue weighted by molar-refractivity contribution is 6.30. The van der Waals surface area contributed by atoms with E-state index in [-0.39, 0.29) is 17.4 Å². The number of carbonyl (C=O) groups excluding carboxylic acids is 1. The van der Waals surface area contributed by atoms with Gasteiger partial charge in [0.05, 0.1) is 12.7 Å². The van der Waals surface area contributed by atoms with E-state index in [1.165, 1.54) is 0 Å². The number of carbonyl (C=O) groups is 1. The van der Waals surface area contributed by atoms with Gasteiger partial charge in [-0.1, -0.05) is 31.5 Å². The molecule has 1 aromatic carbocycles. The number of likely N-dealkylation sites (N-methyl/N-ethyl adjacent to an activating group) is 1. The molecule has 2 atom stereocenters. The molecule has 1 aromatic rings. The van der Waals surface area contributed by atoms with Gasteiger partial charge in [0.2, 0.25) is 5.91 Å². The van der Waals surface area contributed by atoms with E-state index in [0.29, 0.717) is 31.2 Å². The first-order valence-corrected chi connectivity index (χ1v) is 9.14. The van der Waals surface area contributed by atoms with Crippen LogP contribution in [0, 0.1) is 5.41 Å². The summed E-state index contributed by atoms with van der Waals surface area (Å²) in [5.74, 6) is 0.702. The second-order valence-corrected chi connectivity index (χ2v) is 7.66. The van der Waals surface area contributed by atoms with Crippen LogP contribution in [0.5, 0.6) is 5.75 Å². The summed E-state index contributed by atoms with van der Waals surface area (Å²) in [6, 6.07) is 7.28. The fourth-order valence-corrected chi connectivity index (χ4v) is 3.47. The van der Waals surface area contributed by atoms with Crippen LogP contribution in [0.15, 0.2) is 24.3 Å². The van der Waals surface area contributed by atoms with Crippen LogP contribution in [0.2, 0.25) is 5.02 Å². The van der Waals surface area contributed by atoms with E-state index in [9.17, 15) is 4.79 Å². The third kappa shape index (κ3) is 4.10. The summed E-state index contributed by atoms with van der Waals surface area (Å²) < 4.78 is 11.4. The lowest BCUT2D eigenvalue weighted by Gasteiger charge is -2.58. The molecule has 1 saturated carbocycles. The van der Waals surface area contributed by atoms with Crippen LogP contribution in [0.25, 0.3) is 0 Å². The largest absolute Gasteiger partial charge is 0.493 e. The lowest BCUT2D eigenvalue weighted by molar-refractivity contribution is -0.178. The summed E-state index contributed by atoms with van der Waals surface area (Å²) >= 11 is 5.93. The zero-order valence-electron chi connectivity index (χ0n) is 15.5. The maximum Gasteiger partial charge on any atom is 0.243 e. The van der Waals surface area contributed by atoms with Crippen molar-refractivity contribution in [3.8, 4) is 5.75 Å². The smallest absolute Gasteiger partial charge is 0.243 e. The van der Waals surface area contributed by atoms with Crippen molar-refractivity contribution in [2.45, 2.75) is 45.3 Å². The van der Waals surface area contributed by atoms with Gasteiger partial charge in [0.25, 0.3) is 0 Å². The monoisotopic (exact) mass is 368 g/mol. The van der Waals surface area contributed by atoms with Gasteiger partial charge in [-0.2, -0.15) is 0 Å². The first-order chi connectivity index (χ1) is 11.7. The molecule has 0 saturated heterocycles.